The lowest BCUT2D eigenvalue weighted by Crippen LogP contribution is -2.21. The van der Waals surface area contributed by atoms with Crippen molar-refractivity contribution in [2.24, 2.45) is 0 Å². The Bertz CT molecular complexity index is 639. The van der Waals surface area contributed by atoms with Crippen LogP contribution in [0.5, 0.6) is 0 Å². The van der Waals surface area contributed by atoms with Gasteiger partial charge in [0, 0.05) is 22.4 Å². The lowest BCUT2D eigenvalue weighted by molar-refractivity contribution is 0.483. The highest BCUT2D eigenvalue weighted by molar-refractivity contribution is 9.09. The largest absolute Gasteiger partial charge is 0.207 e. The summed E-state index contributed by atoms with van der Waals surface area (Å²) in [5.41, 5.74) is 2.52. The molecule has 2 aromatic rings. The molecule has 2 unspecified atom stereocenters. The molecule has 0 N–H and O–H groups in total. The second-order valence-electron chi connectivity index (χ2n) is 4.70. The number of fused-ring (bicyclic) bond motifs is 1. The predicted molar refractivity (Wildman–Crippen MR) is 70.9 cm³/mol. The van der Waals surface area contributed by atoms with Crippen LogP contribution in [0.2, 0.25) is 0 Å². The Labute approximate surface area is 117 Å². The topological polar surface area (TPSA) is 0 Å². The van der Waals surface area contributed by atoms with Gasteiger partial charge in [0.15, 0.2) is 11.6 Å². The van der Waals surface area contributed by atoms with Crippen molar-refractivity contribution >= 4 is 15.9 Å². The minimum Gasteiger partial charge on any atom is -0.207 e. The normalized spacial score (nSPS) is 18.6. The zero-order chi connectivity index (χ0) is 13.6. The molecule has 0 amide bonds. The van der Waals surface area contributed by atoms with E-state index >= 15 is 0 Å². The molecule has 3 rings (SSSR count). The third-order valence-electron chi connectivity index (χ3n) is 3.58. The predicted octanol–water partition coefficient (Wildman–Crippen LogP) is 4.88. The molecule has 0 heterocycles. The number of alkyl halides is 1. The number of rotatable bonds is 2. The molecule has 1 aliphatic carbocycles. The Morgan fingerprint density at radius 1 is 1.00 bits per heavy atom. The van der Waals surface area contributed by atoms with E-state index in [1.165, 1.54) is 5.56 Å². The molecule has 2 aromatic carbocycles. The SMILES string of the molecule is Fc1cc(F)c(C(Br)C2Cc3ccccc32)cc1F. The smallest absolute Gasteiger partial charge is 0.161 e. The van der Waals surface area contributed by atoms with Gasteiger partial charge in [-0.15, -0.1) is 0 Å². The zero-order valence-electron chi connectivity index (χ0n) is 9.84. The van der Waals surface area contributed by atoms with Crippen molar-refractivity contribution in [2.45, 2.75) is 17.2 Å². The second-order valence-corrected chi connectivity index (χ2v) is 5.69. The summed E-state index contributed by atoms with van der Waals surface area (Å²) in [4.78, 5) is -0.350. The van der Waals surface area contributed by atoms with Crippen molar-refractivity contribution in [3.63, 3.8) is 0 Å². The van der Waals surface area contributed by atoms with Gasteiger partial charge in [-0.3, -0.25) is 0 Å². The van der Waals surface area contributed by atoms with Crippen LogP contribution in [-0.2, 0) is 6.42 Å². The number of hydrogen-bond donors (Lipinski definition) is 0. The summed E-state index contributed by atoms with van der Waals surface area (Å²) in [5.74, 6) is -2.80. The average Bonchev–Trinajstić information content (AvgIpc) is 2.35. The monoisotopic (exact) mass is 326 g/mol. The fraction of sp³-hybridized carbons (Fsp3) is 0.200. The van der Waals surface area contributed by atoms with Crippen molar-refractivity contribution in [2.75, 3.05) is 0 Å². The summed E-state index contributed by atoms with van der Waals surface area (Å²) in [6, 6.07) is 9.42. The first-order valence-corrected chi connectivity index (χ1v) is 6.86. The quantitative estimate of drug-likeness (QED) is 0.545. The number of hydrogen-bond acceptors (Lipinski definition) is 0. The van der Waals surface area contributed by atoms with Crippen LogP contribution in [0.3, 0.4) is 0 Å². The summed E-state index contributed by atoms with van der Waals surface area (Å²) in [6.45, 7) is 0. The molecule has 0 aliphatic heterocycles. The highest BCUT2D eigenvalue weighted by Gasteiger charge is 2.33. The van der Waals surface area contributed by atoms with E-state index in [-0.39, 0.29) is 16.3 Å². The Balaban J connectivity index is 1.94. The van der Waals surface area contributed by atoms with Crippen LogP contribution in [0.15, 0.2) is 36.4 Å². The summed E-state index contributed by atoms with van der Waals surface area (Å²) < 4.78 is 39.9. The second kappa shape index (κ2) is 4.67. The van der Waals surface area contributed by atoms with E-state index in [9.17, 15) is 13.2 Å². The molecule has 0 saturated heterocycles. The molecule has 0 saturated carbocycles. The maximum Gasteiger partial charge on any atom is 0.161 e. The van der Waals surface area contributed by atoms with Crippen LogP contribution < -0.4 is 0 Å². The van der Waals surface area contributed by atoms with Crippen LogP contribution in [0.25, 0.3) is 0 Å². The van der Waals surface area contributed by atoms with Gasteiger partial charge in [0.05, 0.1) is 0 Å². The van der Waals surface area contributed by atoms with Gasteiger partial charge >= 0.3 is 0 Å². The highest BCUT2D eigenvalue weighted by Crippen LogP contribution is 2.48. The van der Waals surface area contributed by atoms with Crippen LogP contribution >= 0.6 is 15.9 Å². The van der Waals surface area contributed by atoms with Gasteiger partial charge < -0.3 is 0 Å². The molecule has 19 heavy (non-hydrogen) atoms. The Kier molecular flexibility index (Phi) is 3.13. The van der Waals surface area contributed by atoms with E-state index in [0.29, 0.717) is 6.07 Å². The zero-order valence-corrected chi connectivity index (χ0v) is 11.4. The molecule has 0 spiro atoms. The lowest BCUT2D eigenvalue weighted by Gasteiger charge is -2.34. The van der Waals surface area contributed by atoms with Gasteiger partial charge in [0.1, 0.15) is 5.82 Å². The molecular weight excluding hydrogens is 317 g/mol. The molecule has 0 nitrogen and oxygen atoms in total. The van der Waals surface area contributed by atoms with Crippen molar-refractivity contribution < 1.29 is 13.2 Å². The number of halogens is 4. The van der Waals surface area contributed by atoms with Crippen molar-refractivity contribution in [1.82, 2.24) is 0 Å². The molecule has 0 radical (unpaired) electrons. The van der Waals surface area contributed by atoms with Crippen molar-refractivity contribution in [3.8, 4) is 0 Å². The van der Waals surface area contributed by atoms with Crippen molar-refractivity contribution in [1.29, 1.82) is 0 Å². The first kappa shape index (κ1) is 12.7. The minimum absolute atomic E-state index is 0.0931. The molecular formula is C15H10BrF3. The van der Waals surface area contributed by atoms with Crippen LogP contribution in [-0.4, -0.2) is 0 Å². The van der Waals surface area contributed by atoms with Gasteiger partial charge in [-0.05, 0) is 23.6 Å². The molecule has 2 atom stereocenters. The third kappa shape index (κ3) is 2.08. The fourth-order valence-corrected chi connectivity index (χ4v) is 3.35. The fourth-order valence-electron chi connectivity index (χ4n) is 2.52. The summed E-state index contributed by atoms with van der Waals surface area (Å²) in [5, 5.41) is 0. The van der Waals surface area contributed by atoms with Gasteiger partial charge in [-0.1, -0.05) is 40.2 Å². The molecule has 1 aliphatic rings. The van der Waals surface area contributed by atoms with Crippen LogP contribution in [0, 0.1) is 17.5 Å². The standard InChI is InChI=1S/C15H10BrF3/c16-15(10-5-8-3-1-2-4-9(8)10)11-6-13(18)14(19)7-12(11)17/h1-4,6-7,10,15H,5H2. The molecule has 0 fully saturated rings. The van der Waals surface area contributed by atoms with E-state index in [2.05, 4.69) is 15.9 Å². The lowest BCUT2D eigenvalue weighted by atomic mass is 9.74. The highest BCUT2D eigenvalue weighted by atomic mass is 79.9. The molecule has 0 bridgehead atoms. The Morgan fingerprint density at radius 3 is 2.42 bits per heavy atom. The van der Waals surface area contributed by atoms with Crippen molar-refractivity contribution in [3.05, 3.63) is 70.5 Å². The third-order valence-corrected chi connectivity index (χ3v) is 4.72. The molecule has 0 aromatic heterocycles. The van der Waals surface area contributed by atoms with Gasteiger partial charge in [0.25, 0.3) is 0 Å². The van der Waals surface area contributed by atoms with Crippen LogP contribution in [0.1, 0.15) is 27.4 Å². The summed E-state index contributed by atoms with van der Waals surface area (Å²) in [6.07, 6.45) is 0.810. The molecule has 98 valence electrons. The van der Waals surface area contributed by atoms with Gasteiger partial charge in [0.2, 0.25) is 0 Å². The van der Waals surface area contributed by atoms with E-state index < -0.39 is 17.5 Å². The first-order valence-electron chi connectivity index (χ1n) is 5.94. The Morgan fingerprint density at radius 2 is 1.68 bits per heavy atom. The first-order chi connectivity index (χ1) is 9.08. The maximum absolute atomic E-state index is 13.7. The summed E-state index contributed by atoms with van der Waals surface area (Å²) in [7, 11) is 0. The molecule has 4 heteroatoms. The van der Waals surface area contributed by atoms with E-state index in [4.69, 9.17) is 0 Å². The minimum atomic E-state index is -1.16. The van der Waals surface area contributed by atoms with E-state index in [1.807, 2.05) is 24.3 Å². The number of benzene rings is 2. The Hall–Kier alpha value is -1.29. The van der Waals surface area contributed by atoms with E-state index in [1.54, 1.807) is 0 Å². The maximum atomic E-state index is 13.7. The van der Waals surface area contributed by atoms with Gasteiger partial charge in [-0.25, -0.2) is 13.2 Å². The summed E-state index contributed by atoms with van der Waals surface area (Å²) >= 11 is 3.41. The van der Waals surface area contributed by atoms with Gasteiger partial charge in [-0.2, -0.15) is 0 Å². The average molecular weight is 327 g/mol. The van der Waals surface area contributed by atoms with Crippen LogP contribution in [0.4, 0.5) is 13.2 Å². The van der Waals surface area contributed by atoms with E-state index in [0.717, 1.165) is 18.1 Å².